The van der Waals surface area contributed by atoms with E-state index in [1.54, 1.807) is 29.4 Å². The van der Waals surface area contributed by atoms with E-state index in [1.807, 2.05) is 36.4 Å². The Morgan fingerprint density at radius 2 is 1.85 bits per heavy atom. The van der Waals surface area contributed by atoms with Crippen LogP contribution in [-0.2, 0) is 16.0 Å². The van der Waals surface area contributed by atoms with Crippen molar-refractivity contribution in [3.63, 3.8) is 0 Å². The molecular formula is C26H26FN3O3. The van der Waals surface area contributed by atoms with Crippen LogP contribution in [0.3, 0.4) is 0 Å². The van der Waals surface area contributed by atoms with Crippen LogP contribution in [0.2, 0.25) is 0 Å². The number of halogens is 1. The number of aromatic nitrogens is 1. The van der Waals surface area contributed by atoms with E-state index in [1.165, 1.54) is 12.1 Å². The molecule has 0 unspecified atom stereocenters. The summed E-state index contributed by atoms with van der Waals surface area (Å²) in [7, 11) is 0. The quantitative estimate of drug-likeness (QED) is 0.536. The molecule has 1 aliphatic heterocycles. The molecule has 2 heterocycles. The van der Waals surface area contributed by atoms with Crippen molar-refractivity contribution in [2.24, 2.45) is 0 Å². The molecule has 1 aliphatic rings. The van der Waals surface area contributed by atoms with Gasteiger partial charge in [0.1, 0.15) is 17.6 Å². The van der Waals surface area contributed by atoms with E-state index in [0.29, 0.717) is 38.3 Å². The van der Waals surface area contributed by atoms with Crippen molar-refractivity contribution in [3.8, 4) is 16.9 Å². The van der Waals surface area contributed by atoms with Crippen molar-refractivity contribution in [1.82, 2.24) is 15.2 Å². The number of nitrogens with one attached hydrogen (secondary N) is 1. The number of benzene rings is 2. The third-order valence-electron chi connectivity index (χ3n) is 5.65. The van der Waals surface area contributed by atoms with E-state index < -0.39 is 6.04 Å². The van der Waals surface area contributed by atoms with Gasteiger partial charge in [-0.3, -0.25) is 14.6 Å². The van der Waals surface area contributed by atoms with Gasteiger partial charge >= 0.3 is 0 Å². The molecular weight excluding hydrogens is 421 g/mol. The van der Waals surface area contributed by atoms with Crippen LogP contribution in [-0.4, -0.2) is 47.4 Å². The number of pyridine rings is 1. The third kappa shape index (κ3) is 5.94. The summed E-state index contributed by atoms with van der Waals surface area (Å²) in [5.41, 5.74) is 3.13. The molecule has 1 aromatic heterocycles. The molecule has 4 rings (SSSR count). The second-order valence-electron chi connectivity index (χ2n) is 7.94. The summed E-state index contributed by atoms with van der Waals surface area (Å²) < 4.78 is 18.8. The minimum Gasteiger partial charge on any atom is -0.493 e. The minimum absolute atomic E-state index is 0.0777. The van der Waals surface area contributed by atoms with Crippen LogP contribution in [0.4, 0.5) is 4.39 Å². The van der Waals surface area contributed by atoms with Gasteiger partial charge in [-0.1, -0.05) is 30.3 Å². The zero-order valence-electron chi connectivity index (χ0n) is 18.2. The number of nitrogens with zero attached hydrogens (tertiary/aromatic N) is 2. The van der Waals surface area contributed by atoms with E-state index in [0.717, 1.165) is 16.7 Å². The SMILES string of the molecule is O=C1NCCN(C(=O)CCCOc2cccc(F)c2)[C@@H]1Cc1ccc(-c2ccncc2)cc1. The number of rotatable bonds is 8. The summed E-state index contributed by atoms with van der Waals surface area (Å²) in [6.07, 6.45) is 4.71. The lowest BCUT2D eigenvalue weighted by molar-refractivity contribution is -0.143. The zero-order valence-corrected chi connectivity index (χ0v) is 18.2. The minimum atomic E-state index is -0.540. The maximum absolute atomic E-state index is 13.2. The second kappa shape index (κ2) is 10.7. The molecule has 170 valence electrons. The molecule has 7 heteroatoms. The van der Waals surface area contributed by atoms with E-state index >= 15 is 0 Å². The Morgan fingerprint density at radius 1 is 1.09 bits per heavy atom. The van der Waals surface area contributed by atoms with E-state index in [4.69, 9.17) is 4.74 Å². The number of ether oxygens (including phenoxy) is 1. The Morgan fingerprint density at radius 3 is 2.61 bits per heavy atom. The van der Waals surface area contributed by atoms with Gasteiger partial charge in [-0.15, -0.1) is 0 Å². The van der Waals surface area contributed by atoms with Crippen LogP contribution in [0, 0.1) is 5.82 Å². The van der Waals surface area contributed by atoms with Crippen molar-refractivity contribution in [1.29, 1.82) is 0 Å². The first-order valence-electron chi connectivity index (χ1n) is 11.0. The van der Waals surface area contributed by atoms with Crippen LogP contribution in [0.5, 0.6) is 5.75 Å². The standard InChI is InChI=1S/C26H26FN3O3/c27-22-3-1-4-23(18-22)33-16-2-5-25(31)30-15-14-29-26(32)24(30)17-19-6-8-20(9-7-19)21-10-12-28-13-11-21/h1,3-4,6-13,18,24H,2,5,14-17H2,(H,29,32)/t24-/m1/s1. The molecule has 1 N–H and O–H groups in total. The summed E-state index contributed by atoms with van der Waals surface area (Å²) in [5, 5.41) is 2.87. The monoisotopic (exact) mass is 447 g/mol. The Balaban J connectivity index is 1.34. The maximum atomic E-state index is 13.2. The lowest BCUT2D eigenvalue weighted by atomic mass is 9.99. The zero-order chi connectivity index (χ0) is 23.0. The molecule has 0 bridgehead atoms. The summed E-state index contributed by atoms with van der Waals surface area (Å²) in [6.45, 7) is 1.23. The van der Waals surface area contributed by atoms with Crippen LogP contribution < -0.4 is 10.1 Å². The highest BCUT2D eigenvalue weighted by atomic mass is 19.1. The number of hydrogen-bond donors (Lipinski definition) is 1. The highest BCUT2D eigenvalue weighted by molar-refractivity contribution is 5.89. The fourth-order valence-corrected chi connectivity index (χ4v) is 3.93. The summed E-state index contributed by atoms with van der Waals surface area (Å²) >= 11 is 0. The Bertz CT molecular complexity index is 1090. The van der Waals surface area contributed by atoms with E-state index in [2.05, 4.69) is 10.3 Å². The highest BCUT2D eigenvalue weighted by Gasteiger charge is 2.32. The van der Waals surface area contributed by atoms with Crippen LogP contribution in [0.25, 0.3) is 11.1 Å². The van der Waals surface area contributed by atoms with Gasteiger partial charge in [0.15, 0.2) is 0 Å². The molecule has 0 spiro atoms. The molecule has 33 heavy (non-hydrogen) atoms. The number of hydrogen-bond acceptors (Lipinski definition) is 4. The fraction of sp³-hybridized carbons (Fsp3) is 0.269. The van der Waals surface area contributed by atoms with Crippen molar-refractivity contribution >= 4 is 11.8 Å². The van der Waals surface area contributed by atoms with Crippen LogP contribution in [0.15, 0.2) is 73.1 Å². The van der Waals surface area contributed by atoms with Gasteiger partial charge in [-0.25, -0.2) is 4.39 Å². The largest absolute Gasteiger partial charge is 0.493 e. The van der Waals surface area contributed by atoms with Crippen LogP contribution >= 0.6 is 0 Å². The number of amides is 2. The van der Waals surface area contributed by atoms with Crippen molar-refractivity contribution in [2.45, 2.75) is 25.3 Å². The number of carbonyl (C=O) groups excluding carboxylic acids is 2. The molecule has 2 aromatic carbocycles. The van der Waals surface area contributed by atoms with Gasteiger partial charge in [-0.05, 0) is 47.4 Å². The summed E-state index contributed by atoms with van der Waals surface area (Å²) in [4.78, 5) is 31.2. The molecule has 0 aliphatic carbocycles. The number of piperazine rings is 1. The first-order valence-corrected chi connectivity index (χ1v) is 11.0. The average molecular weight is 448 g/mol. The Kier molecular flexibility index (Phi) is 7.29. The predicted molar refractivity (Wildman–Crippen MR) is 123 cm³/mol. The van der Waals surface area contributed by atoms with Gasteiger partial charge in [0, 0.05) is 44.4 Å². The van der Waals surface area contributed by atoms with E-state index in [9.17, 15) is 14.0 Å². The lowest BCUT2D eigenvalue weighted by Gasteiger charge is -2.35. The third-order valence-corrected chi connectivity index (χ3v) is 5.65. The van der Waals surface area contributed by atoms with Crippen LogP contribution in [0.1, 0.15) is 18.4 Å². The van der Waals surface area contributed by atoms with Gasteiger partial charge in [-0.2, -0.15) is 0 Å². The smallest absolute Gasteiger partial charge is 0.243 e. The fourth-order valence-electron chi connectivity index (χ4n) is 3.93. The topological polar surface area (TPSA) is 71.5 Å². The first kappa shape index (κ1) is 22.5. The average Bonchev–Trinajstić information content (AvgIpc) is 2.84. The molecule has 0 radical (unpaired) electrons. The summed E-state index contributed by atoms with van der Waals surface area (Å²) in [5.74, 6) is -0.137. The molecule has 0 saturated carbocycles. The van der Waals surface area contributed by atoms with Gasteiger partial charge < -0.3 is 15.0 Å². The van der Waals surface area contributed by atoms with Crippen molar-refractivity contribution in [3.05, 3.63) is 84.4 Å². The highest BCUT2D eigenvalue weighted by Crippen LogP contribution is 2.21. The molecule has 6 nitrogen and oxygen atoms in total. The van der Waals surface area contributed by atoms with Crippen molar-refractivity contribution in [2.75, 3.05) is 19.7 Å². The van der Waals surface area contributed by atoms with Gasteiger partial charge in [0.05, 0.1) is 6.61 Å². The normalized spacial score (nSPS) is 15.7. The second-order valence-corrected chi connectivity index (χ2v) is 7.94. The molecule has 2 amide bonds. The van der Waals surface area contributed by atoms with Crippen molar-refractivity contribution < 1.29 is 18.7 Å². The number of carbonyl (C=O) groups is 2. The Labute approximate surface area is 192 Å². The van der Waals surface area contributed by atoms with Gasteiger partial charge in [0.25, 0.3) is 0 Å². The Hall–Kier alpha value is -3.74. The predicted octanol–water partition coefficient (Wildman–Crippen LogP) is 3.62. The first-order chi connectivity index (χ1) is 16.1. The molecule has 1 fully saturated rings. The molecule has 1 atom stereocenters. The van der Waals surface area contributed by atoms with Gasteiger partial charge in [0.2, 0.25) is 11.8 Å². The lowest BCUT2D eigenvalue weighted by Crippen LogP contribution is -2.58. The summed E-state index contributed by atoms with van der Waals surface area (Å²) in [6, 6.07) is 17.3. The van der Waals surface area contributed by atoms with E-state index in [-0.39, 0.29) is 24.1 Å². The maximum Gasteiger partial charge on any atom is 0.243 e. The molecule has 1 saturated heterocycles. The molecule has 3 aromatic rings.